The van der Waals surface area contributed by atoms with Crippen molar-refractivity contribution < 1.29 is 4.48 Å². The van der Waals surface area contributed by atoms with Gasteiger partial charge in [-0.25, -0.2) is 0 Å². The second-order valence-corrected chi connectivity index (χ2v) is 4.67. The Morgan fingerprint density at radius 3 is 1.61 bits per heavy atom. The monoisotopic (exact) mass is 248 g/mol. The van der Waals surface area contributed by atoms with Crippen LogP contribution in [0.5, 0.6) is 0 Å². The van der Waals surface area contributed by atoms with Crippen molar-refractivity contribution in [2.75, 3.05) is 26.2 Å². The van der Waals surface area contributed by atoms with E-state index in [1.54, 1.807) is 0 Å². The van der Waals surface area contributed by atoms with Crippen LogP contribution in [0.15, 0.2) is 30.8 Å². The van der Waals surface area contributed by atoms with Crippen molar-refractivity contribution in [3.8, 4) is 0 Å². The zero-order valence-corrected chi connectivity index (χ0v) is 12.9. The molecule has 1 rings (SSSR count). The minimum absolute atomic E-state index is 1.22. The van der Waals surface area contributed by atoms with Gasteiger partial charge in [0.25, 0.3) is 0 Å². The minimum atomic E-state index is 1.22. The highest BCUT2D eigenvalue weighted by Gasteiger charge is 2.16. The second kappa shape index (κ2) is 8.93. The zero-order valence-electron chi connectivity index (χ0n) is 12.9. The summed E-state index contributed by atoms with van der Waals surface area (Å²) in [6.07, 6.45) is 1.87. The van der Waals surface area contributed by atoms with Crippen LogP contribution < -0.4 is 0 Å². The fourth-order valence-corrected chi connectivity index (χ4v) is 2.16. The van der Waals surface area contributed by atoms with E-state index in [9.17, 15) is 0 Å². The lowest BCUT2D eigenvalue weighted by molar-refractivity contribution is -0.921. The lowest BCUT2D eigenvalue weighted by Gasteiger charge is -2.34. The molecule has 0 saturated carbocycles. The van der Waals surface area contributed by atoms with E-state index in [1.165, 1.54) is 41.8 Å². The van der Waals surface area contributed by atoms with E-state index in [0.29, 0.717) is 0 Å². The van der Waals surface area contributed by atoms with Gasteiger partial charge in [-0.1, -0.05) is 36.9 Å². The van der Waals surface area contributed by atoms with Gasteiger partial charge < -0.3 is 4.48 Å². The molecule has 0 aliphatic rings. The molecule has 0 aromatic heterocycles. The molecule has 102 valence electrons. The Morgan fingerprint density at radius 2 is 1.39 bits per heavy atom. The highest BCUT2D eigenvalue weighted by atomic mass is 15.3. The third kappa shape index (κ3) is 5.05. The van der Waals surface area contributed by atoms with Gasteiger partial charge in [-0.05, 0) is 45.7 Å². The lowest BCUT2D eigenvalue weighted by Crippen LogP contribution is -2.47. The van der Waals surface area contributed by atoms with Gasteiger partial charge in [-0.3, -0.25) is 0 Å². The second-order valence-electron chi connectivity index (χ2n) is 4.67. The summed E-state index contributed by atoms with van der Waals surface area (Å²) < 4.78 is 1.28. The Labute approximate surface area is 114 Å². The van der Waals surface area contributed by atoms with E-state index in [4.69, 9.17) is 0 Å². The average molecular weight is 248 g/mol. The average Bonchev–Trinajstić information content (AvgIpc) is 2.43. The van der Waals surface area contributed by atoms with Crippen molar-refractivity contribution in [3.05, 3.63) is 42.0 Å². The van der Waals surface area contributed by atoms with E-state index in [0.717, 1.165) is 0 Å². The Hall–Kier alpha value is -1.08. The van der Waals surface area contributed by atoms with Gasteiger partial charge in [0.1, 0.15) is 0 Å². The van der Waals surface area contributed by atoms with E-state index in [1.807, 2.05) is 18.2 Å². The minimum Gasteiger partial charge on any atom is -0.325 e. The molecule has 0 spiro atoms. The van der Waals surface area contributed by atoms with Gasteiger partial charge in [0.2, 0.25) is 0 Å². The van der Waals surface area contributed by atoms with Crippen LogP contribution in [0.2, 0.25) is 0 Å². The van der Waals surface area contributed by atoms with Crippen LogP contribution in [0.3, 0.4) is 0 Å². The molecular formula is C17H30N+. The standard InChI is InChI=1S/C9H10.C8H20N/c1-3-9-7-5-4-6-8(9)2;1-5-9(6-2,7-3)8-4/h3-7H,1H2,2H3;5-8H2,1-4H3/q;+1. The molecule has 0 saturated heterocycles. The Balaban J connectivity index is 0.000000321. The molecule has 0 unspecified atom stereocenters. The first kappa shape index (κ1) is 16.9. The Kier molecular flexibility index (Phi) is 8.40. The van der Waals surface area contributed by atoms with Crippen LogP contribution in [0, 0.1) is 6.92 Å². The van der Waals surface area contributed by atoms with Crippen molar-refractivity contribution >= 4 is 6.08 Å². The number of benzene rings is 1. The van der Waals surface area contributed by atoms with Crippen LogP contribution in [-0.4, -0.2) is 30.7 Å². The molecule has 0 heterocycles. The zero-order chi connectivity index (χ0) is 14.0. The summed E-state index contributed by atoms with van der Waals surface area (Å²) in [4.78, 5) is 0. The topological polar surface area (TPSA) is 0 Å². The SMILES string of the molecule is C=Cc1ccccc1C.CC[N+](CC)(CC)CC. The first-order valence-electron chi connectivity index (χ1n) is 7.12. The third-order valence-corrected chi connectivity index (χ3v) is 4.09. The van der Waals surface area contributed by atoms with Crippen molar-refractivity contribution in [2.45, 2.75) is 34.6 Å². The molecule has 0 fully saturated rings. The largest absolute Gasteiger partial charge is 0.325 e. The van der Waals surface area contributed by atoms with Crippen LogP contribution >= 0.6 is 0 Å². The third-order valence-electron chi connectivity index (χ3n) is 4.09. The molecule has 1 aromatic carbocycles. The first-order valence-corrected chi connectivity index (χ1v) is 7.12. The number of hydrogen-bond donors (Lipinski definition) is 0. The number of aryl methyl sites for hydroxylation is 1. The molecule has 0 bridgehead atoms. The molecule has 0 aliphatic carbocycles. The summed E-state index contributed by atoms with van der Waals surface area (Å²) in [6.45, 7) is 20.0. The quantitative estimate of drug-likeness (QED) is 0.672. The summed E-state index contributed by atoms with van der Waals surface area (Å²) in [5, 5.41) is 0. The van der Waals surface area contributed by atoms with Crippen molar-refractivity contribution in [1.29, 1.82) is 0 Å². The Bertz CT molecular complexity index is 320. The van der Waals surface area contributed by atoms with Crippen molar-refractivity contribution in [1.82, 2.24) is 0 Å². The number of rotatable bonds is 5. The molecular weight excluding hydrogens is 218 g/mol. The fourth-order valence-electron chi connectivity index (χ4n) is 2.16. The summed E-state index contributed by atoms with van der Waals surface area (Å²) >= 11 is 0. The maximum Gasteiger partial charge on any atom is 0.0757 e. The smallest absolute Gasteiger partial charge is 0.0757 e. The van der Waals surface area contributed by atoms with Crippen LogP contribution in [0.25, 0.3) is 6.08 Å². The van der Waals surface area contributed by atoms with Crippen LogP contribution in [0.1, 0.15) is 38.8 Å². The summed E-state index contributed by atoms with van der Waals surface area (Å²) in [5.41, 5.74) is 2.50. The van der Waals surface area contributed by atoms with E-state index in [2.05, 4.69) is 53.3 Å². The van der Waals surface area contributed by atoms with Crippen molar-refractivity contribution in [3.63, 3.8) is 0 Å². The normalized spacial score (nSPS) is 10.5. The molecule has 1 nitrogen and oxygen atoms in total. The van der Waals surface area contributed by atoms with E-state index in [-0.39, 0.29) is 0 Å². The molecule has 0 amide bonds. The number of hydrogen-bond acceptors (Lipinski definition) is 0. The van der Waals surface area contributed by atoms with Crippen LogP contribution in [0.4, 0.5) is 0 Å². The molecule has 18 heavy (non-hydrogen) atoms. The maximum absolute atomic E-state index is 3.69. The number of nitrogens with zero attached hydrogens (tertiary/aromatic N) is 1. The first-order chi connectivity index (χ1) is 8.59. The summed E-state index contributed by atoms with van der Waals surface area (Å²) in [6, 6.07) is 8.19. The van der Waals surface area contributed by atoms with Gasteiger partial charge in [-0.15, -0.1) is 0 Å². The fraction of sp³-hybridized carbons (Fsp3) is 0.529. The van der Waals surface area contributed by atoms with Gasteiger partial charge in [0, 0.05) is 0 Å². The van der Waals surface area contributed by atoms with E-state index < -0.39 is 0 Å². The molecule has 0 N–H and O–H groups in total. The van der Waals surface area contributed by atoms with E-state index >= 15 is 0 Å². The summed E-state index contributed by atoms with van der Waals surface area (Å²) in [7, 11) is 0. The Morgan fingerprint density at radius 1 is 0.944 bits per heavy atom. The predicted molar refractivity (Wildman–Crippen MR) is 83.7 cm³/mol. The molecule has 1 heteroatoms. The van der Waals surface area contributed by atoms with Crippen molar-refractivity contribution in [2.24, 2.45) is 0 Å². The molecule has 0 aliphatic heterocycles. The van der Waals surface area contributed by atoms with Gasteiger partial charge in [-0.2, -0.15) is 0 Å². The number of quaternary nitrogens is 1. The van der Waals surface area contributed by atoms with Gasteiger partial charge >= 0.3 is 0 Å². The molecule has 0 radical (unpaired) electrons. The van der Waals surface area contributed by atoms with Gasteiger partial charge in [0.15, 0.2) is 0 Å². The highest BCUT2D eigenvalue weighted by Crippen LogP contribution is 2.06. The molecule has 0 atom stereocenters. The lowest BCUT2D eigenvalue weighted by atomic mass is 10.1. The highest BCUT2D eigenvalue weighted by molar-refractivity contribution is 5.50. The predicted octanol–water partition coefficient (Wildman–Crippen LogP) is 4.52. The van der Waals surface area contributed by atoms with Crippen LogP contribution in [-0.2, 0) is 0 Å². The maximum atomic E-state index is 3.69. The van der Waals surface area contributed by atoms with Gasteiger partial charge in [0.05, 0.1) is 26.2 Å². The molecule has 1 aromatic rings. The summed E-state index contributed by atoms with van der Waals surface area (Å²) in [5.74, 6) is 0.